The van der Waals surface area contributed by atoms with E-state index in [0.717, 1.165) is 23.4 Å². The van der Waals surface area contributed by atoms with Crippen LogP contribution in [-0.4, -0.2) is 46.6 Å². The van der Waals surface area contributed by atoms with Gasteiger partial charge in [0, 0.05) is 27.2 Å². The maximum absolute atomic E-state index is 5.10. The van der Waals surface area contributed by atoms with Crippen LogP contribution in [0.3, 0.4) is 0 Å². The predicted molar refractivity (Wildman–Crippen MR) is 100 cm³/mol. The van der Waals surface area contributed by atoms with Crippen LogP contribution in [0.25, 0.3) is 11.0 Å². The van der Waals surface area contributed by atoms with Gasteiger partial charge in [0.05, 0.1) is 18.2 Å². The van der Waals surface area contributed by atoms with Gasteiger partial charge in [0.1, 0.15) is 5.82 Å². The molecule has 0 aliphatic carbocycles. The van der Waals surface area contributed by atoms with Gasteiger partial charge in [0.25, 0.3) is 0 Å². The van der Waals surface area contributed by atoms with Crippen molar-refractivity contribution >= 4 is 22.8 Å². The van der Waals surface area contributed by atoms with Crippen molar-refractivity contribution in [1.82, 2.24) is 19.7 Å². The summed E-state index contributed by atoms with van der Waals surface area (Å²) in [6, 6.07) is 10.4. The van der Waals surface area contributed by atoms with E-state index >= 15 is 0 Å². The molecule has 2 aromatic heterocycles. The van der Waals surface area contributed by atoms with E-state index in [0.29, 0.717) is 25.0 Å². The molecule has 1 unspecified atom stereocenters. The van der Waals surface area contributed by atoms with Crippen LogP contribution in [0, 0.1) is 0 Å². The van der Waals surface area contributed by atoms with Crippen LogP contribution >= 0.6 is 0 Å². The monoisotopic (exact) mass is 340 g/mol. The number of nitrogens with one attached hydrogen (secondary N) is 2. The Labute approximate surface area is 147 Å². The summed E-state index contributed by atoms with van der Waals surface area (Å²) in [6.07, 6.45) is 1.78. The van der Waals surface area contributed by atoms with Crippen LogP contribution in [0.2, 0.25) is 0 Å². The molecule has 7 heteroatoms. The van der Waals surface area contributed by atoms with E-state index in [1.807, 2.05) is 13.1 Å². The van der Waals surface area contributed by atoms with E-state index in [1.165, 1.54) is 5.56 Å². The van der Waals surface area contributed by atoms with E-state index in [1.54, 1.807) is 18.0 Å². The lowest BCUT2D eigenvalue weighted by Crippen LogP contribution is -2.14. The van der Waals surface area contributed by atoms with Crippen molar-refractivity contribution in [2.24, 2.45) is 7.05 Å². The van der Waals surface area contributed by atoms with Crippen molar-refractivity contribution in [1.29, 1.82) is 0 Å². The number of hydrogen-bond donors (Lipinski definition) is 2. The highest BCUT2D eigenvalue weighted by molar-refractivity contribution is 5.87. The summed E-state index contributed by atoms with van der Waals surface area (Å²) in [7, 11) is 3.56. The summed E-state index contributed by atoms with van der Waals surface area (Å²) in [5.41, 5.74) is 2.08. The third-order valence-electron chi connectivity index (χ3n) is 4.13. The number of fused-ring (bicyclic) bond motifs is 1. The molecule has 0 radical (unpaired) electrons. The van der Waals surface area contributed by atoms with Gasteiger partial charge in [-0.15, -0.1) is 0 Å². The van der Waals surface area contributed by atoms with E-state index in [4.69, 9.17) is 4.74 Å². The summed E-state index contributed by atoms with van der Waals surface area (Å²) < 4.78 is 6.85. The third kappa shape index (κ3) is 4.06. The van der Waals surface area contributed by atoms with Gasteiger partial charge in [-0.1, -0.05) is 37.3 Å². The Balaban J connectivity index is 1.77. The van der Waals surface area contributed by atoms with Gasteiger partial charge in [-0.25, -0.2) is 0 Å². The largest absolute Gasteiger partial charge is 0.383 e. The Bertz CT molecular complexity index is 817. The standard InChI is InChI=1S/C18H24N6O/c1-13(14-7-5-4-6-8-14)11-20-18-22-16(19-9-10-25-3)15-12-21-24(2)17(15)23-18/h4-8,12-13H,9-11H2,1-3H3,(H2,19,20,22,23). The maximum Gasteiger partial charge on any atom is 0.226 e. The van der Waals surface area contributed by atoms with Crippen molar-refractivity contribution in [3.05, 3.63) is 42.1 Å². The zero-order chi connectivity index (χ0) is 17.6. The van der Waals surface area contributed by atoms with Gasteiger partial charge in [0.2, 0.25) is 5.95 Å². The van der Waals surface area contributed by atoms with Crippen LogP contribution < -0.4 is 10.6 Å². The smallest absolute Gasteiger partial charge is 0.226 e. The highest BCUT2D eigenvalue weighted by Gasteiger charge is 2.12. The molecule has 0 amide bonds. The van der Waals surface area contributed by atoms with E-state index in [2.05, 4.69) is 56.9 Å². The Morgan fingerprint density at radius 1 is 1.16 bits per heavy atom. The Kier molecular flexibility index (Phi) is 5.45. The maximum atomic E-state index is 5.10. The molecule has 0 aliphatic heterocycles. The zero-order valence-electron chi connectivity index (χ0n) is 14.9. The molecular formula is C18H24N6O. The molecule has 1 atom stereocenters. The molecule has 1 aromatic carbocycles. The Hall–Kier alpha value is -2.67. The highest BCUT2D eigenvalue weighted by Crippen LogP contribution is 2.22. The molecular weight excluding hydrogens is 316 g/mol. The molecule has 0 saturated heterocycles. The third-order valence-corrected chi connectivity index (χ3v) is 4.13. The fourth-order valence-electron chi connectivity index (χ4n) is 2.65. The van der Waals surface area contributed by atoms with Gasteiger partial charge in [-0.2, -0.15) is 15.1 Å². The lowest BCUT2D eigenvalue weighted by molar-refractivity contribution is 0.210. The van der Waals surface area contributed by atoms with Crippen LogP contribution in [-0.2, 0) is 11.8 Å². The lowest BCUT2D eigenvalue weighted by Gasteiger charge is -2.14. The minimum Gasteiger partial charge on any atom is -0.383 e. The number of anilines is 2. The normalized spacial score (nSPS) is 12.3. The first-order chi connectivity index (χ1) is 12.2. The lowest BCUT2D eigenvalue weighted by atomic mass is 10.0. The quantitative estimate of drug-likeness (QED) is 0.614. The van der Waals surface area contributed by atoms with Crippen LogP contribution in [0.5, 0.6) is 0 Å². The fraction of sp³-hybridized carbons (Fsp3) is 0.389. The van der Waals surface area contributed by atoms with Gasteiger partial charge in [-0.05, 0) is 11.5 Å². The van der Waals surface area contributed by atoms with Crippen molar-refractivity contribution in [2.45, 2.75) is 12.8 Å². The molecule has 0 spiro atoms. The second-order valence-corrected chi connectivity index (χ2v) is 6.01. The van der Waals surface area contributed by atoms with Gasteiger partial charge in [-0.3, -0.25) is 4.68 Å². The van der Waals surface area contributed by atoms with Crippen LogP contribution in [0.1, 0.15) is 18.4 Å². The number of aryl methyl sites for hydroxylation is 1. The average Bonchev–Trinajstić information content (AvgIpc) is 3.02. The SMILES string of the molecule is COCCNc1nc(NCC(C)c2ccccc2)nc2c1cnn2C. The minimum absolute atomic E-state index is 0.358. The molecule has 0 fully saturated rings. The molecule has 2 N–H and O–H groups in total. The minimum atomic E-state index is 0.358. The summed E-state index contributed by atoms with van der Waals surface area (Å²) in [6.45, 7) is 4.23. The predicted octanol–water partition coefficient (Wildman–Crippen LogP) is 2.64. The number of hydrogen-bond acceptors (Lipinski definition) is 6. The molecule has 0 aliphatic rings. The zero-order valence-corrected chi connectivity index (χ0v) is 14.9. The first kappa shape index (κ1) is 17.2. The molecule has 3 aromatic rings. The van der Waals surface area contributed by atoms with E-state index < -0.39 is 0 Å². The summed E-state index contributed by atoms with van der Waals surface area (Å²) >= 11 is 0. The topological polar surface area (TPSA) is 76.9 Å². The summed E-state index contributed by atoms with van der Waals surface area (Å²) in [4.78, 5) is 9.21. The van der Waals surface area contributed by atoms with Gasteiger partial charge in [0.15, 0.2) is 5.65 Å². The second-order valence-electron chi connectivity index (χ2n) is 6.01. The number of methoxy groups -OCH3 is 1. The highest BCUT2D eigenvalue weighted by atomic mass is 16.5. The van der Waals surface area contributed by atoms with E-state index in [9.17, 15) is 0 Å². The first-order valence-electron chi connectivity index (χ1n) is 8.40. The molecule has 7 nitrogen and oxygen atoms in total. The first-order valence-corrected chi connectivity index (χ1v) is 8.40. The van der Waals surface area contributed by atoms with Crippen LogP contribution in [0.15, 0.2) is 36.5 Å². The number of rotatable bonds is 8. The summed E-state index contributed by atoms with van der Waals surface area (Å²) in [5.74, 6) is 1.72. The number of aromatic nitrogens is 4. The number of nitrogens with zero attached hydrogens (tertiary/aromatic N) is 4. The molecule has 2 heterocycles. The van der Waals surface area contributed by atoms with Crippen molar-refractivity contribution in [3.63, 3.8) is 0 Å². The summed E-state index contributed by atoms with van der Waals surface area (Å²) in [5, 5.41) is 11.8. The Morgan fingerprint density at radius 3 is 2.72 bits per heavy atom. The fourth-order valence-corrected chi connectivity index (χ4v) is 2.65. The molecule has 0 saturated carbocycles. The number of ether oxygens (including phenoxy) is 1. The number of benzene rings is 1. The van der Waals surface area contributed by atoms with Gasteiger partial charge >= 0.3 is 0 Å². The second kappa shape index (κ2) is 7.94. The van der Waals surface area contributed by atoms with Crippen LogP contribution in [0.4, 0.5) is 11.8 Å². The average molecular weight is 340 g/mol. The van der Waals surface area contributed by atoms with Crippen molar-refractivity contribution in [3.8, 4) is 0 Å². The van der Waals surface area contributed by atoms with Crippen molar-refractivity contribution in [2.75, 3.05) is 37.4 Å². The Morgan fingerprint density at radius 2 is 1.96 bits per heavy atom. The van der Waals surface area contributed by atoms with Crippen molar-refractivity contribution < 1.29 is 4.74 Å². The van der Waals surface area contributed by atoms with Gasteiger partial charge < -0.3 is 15.4 Å². The molecule has 3 rings (SSSR count). The molecule has 25 heavy (non-hydrogen) atoms. The van der Waals surface area contributed by atoms with E-state index in [-0.39, 0.29) is 0 Å². The molecule has 0 bridgehead atoms. The molecule has 132 valence electrons.